The number of hydrogen-bond acceptors (Lipinski definition) is 3. The van der Waals surface area contributed by atoms with E-state index in [1.54, 1.807) is 6.08 Å². The highest BCUT2D eigenvalue weighted by Crippen LogP contribution is 2.05. The Morgan fingerprint density at radius 2 is 2.30 bits per heavy atom. The Kier molecular flexibility index (Phi) is 5.12. The fraction of sp³-hybridized carbons (Fsp3) is 0.571. The number of unbranched alkanes of at least 4 members (excludes halogenated alkanes) is 1. The number of allylic oxidation sites excluding steroid dienone is 1. The van der Waals surface area contributed by atoms with Crippen LogP contribution in [-0.4, -0.2) is 5.97 Å². The van der Waals surface area contributed by atoms with Crippen molar-refractivity contribution < 1.29 is 9.53 Å². The summed E-state index contributed by atoms with van der Waals surface area (Å²) in [5.74, 6) is -0.322. The van der Waals surface area contributed by atoms with Crippen LogP contribution in [0.4, 0.5) is 0 Å². The number of ether oxygens (including phenoxy) is 1. The molecule has 0 aliphatic carbocycles. The molecule has 0 N–H and O–H groups in total. The van der Waals surface area contributed by atoms with E-state index < -0.39 is 0 Å². The molecule has 0 aliphatic rings. The molecule has 0 aromatic heterocycles. The van der Waals surface area contributed by atoms with Crippen molar-refractivity contribution in [1.82, 2.24) is 0 Å². The predicted octanol–water partition coefficient (Wildman–Crippen LogP) is 2.12. The summed E-state index contributed by atoms with van der Waals surface area (Å²) in [6, 6.07) is 0. The van der Waals surface area contributed by atoms with Gasteiger partial charge in [-0.1, -0.05) is 13.3 Å². The molecule has 58 valence electrons. The molecule has 2 nitrogen and oxygen atoms in total. The van der Waals surface area contributed by atoms with Gasteiger partial charge in [-0.05, 0) is 12.5 Å². The number of carbonyl (C=O) groups excluding carboxylic acids is 1. The minimum absolute atomic E-state index is 0.322. The van der Waals surface area contributed by atoms with Crippen molar-refractivity contribution >= 4 is 18.6 Å². The molecule has 0 aromatic rings. The molecule has 0 amide bonds. The van der Waals surface area contributed by atoms with Crippen LogP contribution in [0.3, 0.4) is 0 Å². The van der Waals surface area contributed by atoms with Crippen LogP contribution in [0.15, 0.2) is 11.2 Å². The van der Waals surface area contributed by atoms with E-state index >= 15 is 0 Å². The molecule has 0 atom stereocenters. The topological polar surface area (TPSA) is 26.3 Å². The lowest BCUT2D eigenvalue weighted by molar-refractivity contribution is -0.135. The summed E-state index contributed by atoms with van der Waals surface area (Å²) in [5.41, 5.74) is 0. The molecule has 0 aromatic carbocycles. The van der Waals surface area contributed by atoms with Gasteiger partial charge < -0.3 is 4.74 Å². The summed E-state index contributed by atoms with van der Waals surface area (Å²) in [6.45, 7) is 3.40. The van der Waals surface area contributed by atoms with Gasteiger partial charge in [-0.3, -0.25) is 4.79 Å². The summed E-state index contributed by atoms with van der Waals surface area (Å²) in [5, 5.41) is 0.398. The molecule has 0 fully saturated rings. The Labute approximate surface area is 66.7 Å². The number of hydrogen-bond donors (Lipinski definition) is 1. The third-order valence-electron chi connectivity index (χ3n) is 0.856. The van der Waals surface area contributed by atoms with Crippen molar-refractivity contribution in [1.29, 1.82) is 0 Å². The van der Waals surface area contributed by atoms with Crippen LogP contribution in [0.25, 0.3) is 0 Å². The van der Waals surface area contributed by atoms with E-state index in [-0.39, 0.29) is 5.97 Å². The summed E-state index contributed by atoms with van der Waals surface area (Å²) in [6.07, 6.45) is 3.71. The SMILES string of the molecule is CCCC=C(S)OC(C)=O. The first-order chi connectivity index (χ1) is 4.66. The molecule has 0 saturated heterocycles. The van der Waals surface area contributed by atoms with Gasteiger partial charge in [0.2, 0.25) is 0 Å². The quantitative estimate of drug-likeness (QED) is 0.389. The van der Waals surface area contributed by atoms with Crippen molar-refractivity contribution in [2.75, 3.05) is 0 Å². The Balaban J connectivity index is 3.59. The number of esters is 1. The maximum absolute atomic E-state index is 10.3. The average Bonchev–Trinajstić information content (AvgIpc) is 1.82. The molecule has 0 bridgehead atoms. The van der Waals surface area contributed by atoms with Crippen molar-refractivity contribution in [3.63, 3.8) is 0 Å². The van der Waals surface area contributed by atoms with Gasteiger partial charge in [-0.2, -0.15) is 0 Å². The third-order valence-corrected chi connectivity index (χ3v) is 1.13. The summed E-state index contributed by atoms with van der Waals surface area (Å²) >= 11 is 3.92. The highest BCUT2D eigenvalue weighted by atomic mass is 32.1. The number of carbonyl (C=O) groups is 1. The van der Waals surface area contributed by atoms with Gasteiger partial charge in [0.1, 0.15) is 0 Å². The lowest BCUT2D eigenvalue weighted by atomic mass is 10.3. The van der Waals surface area contributed by atoms with Crippen LogP contribution in [-0.2, 0) is 9.53 Å². The van der Waals surface area contributed by atoms with E-state index in [2.05, 4.69) is 17.4 Å². The smallest absolute Gasteiger partial charge is 0.308 e. The second kappa shape index (κ2) is 5.35. The molecule has 0 spiro atoms. The van der Waals surface area contributed by atoms with Crippen molar-refractivity contribution in [2.24, 2.45) is 0 Å². The van der Waals surface area contributed by atoms with Crippen LogP contribution in [0, 0.1) is 0 Å². The van der Waals surface area contributed by atoms with E-state index in [9.17, 15) is 4.79 Å². The molecule has 3 heteroatoms. The molecule has 0 saturated carbocycles. The minimum atomic E-state index is -0.322. The van der Waals surface area contributed by atoms with Crippen molar-refractivity contribution in [3.05, 3.63) is 11.2 Å². The predicted molar refractivity (Wildman–Crippen MR) is 43.7 cm³/mol. The zero-order valence-electron chi connectivity index (χ0n) is 6.26. The molecule has 0 rings (SSSR count). The van der Waals surface area contributed by atoms with E-state index in [0.717, 1.165) is 12.8 Å². The van der Waals surface area contributed by atoms with Crippen LogP contribution < -0.4 is 0 Å². The first-order valence-corrected chi connectivity index (χ1v) is 3.69. The highest BCUT2D eigenvalue weighted by Gasteiger charge is 1.93. The average molecular weight is 160 g/mol. The van der Waals surface area contributed by atoms with Crippen LogP contribution in [0.2, 0.25) is 0 Å². The van der Waals surface area contributed by atoms with Gasteiger partial charge >= 0.3 is 5.97 Å². The Morgan fingerprint density at radius 1 is 1.70 bits per heavy atom. The molecule has 0 aliphatic heterocycles. The lowest BCUT2D eigenvalue weighted by Gasteiger charge is -1.97. The summed E-state index contributed by atoms with van der Waals surface area (Å²) in [4.78, 5) is 10.3. The van der Waals surface area contributed by atoms with E-state index in [0.29, 0.717) is 5.09 Å². The van der Waals surface area contributed by atoms with Gasteiger partial charge in [0, 0.05) is 6.92 Å². The largest absolute Gasteiger partial charge is 0.420 e. The van der Waals surface area contributed by atoms with Crippen LogP contribution in [0.1, 0.15) is 26.7 Å². The molecular formula is C7H12O2S. The standard InChI is InChI=1S/C7H12O2S/c1-3-4-5-7(10)9-6(2)8/h5,10H,3-4H2,1-2H3. The van der Waals surface area contributed by atoms with Gasteiger partial charge in [0.15, 0.2) is 5.09 Å². The Morgan fingerprint density at radius 3 is 2.70 bits per heavy atom. The molecule has 0 radical (unpaired) electrons. The van der Waals surface area contributed by atoms with Crippen molar-refractivity contribution in [2.45, 2.75) is 26.7 Å². The fourth-order valence-electron chi connectivity index (χ4n) is 0.457. The van der Waals surface area contributed by atoms with Gasteiger partial charge in [-0.25, -0.2) is 0 Å². The van der Waals surface area contributed by atoms with Crippen molar-refractivity contribution in [3.8, 4) is 0 Å². The summed E-state index contributed by atoms with van der Waals surface area (Å²) < 4.78 is 4.64. The normalized spacial score (nSPS) is 11.3. The zero-order chi connectivity index (χ0) is 7.98. The highest BCUT2D eigenvalue weighted by molar-refractivity contribution is 7.84. The third kappa shape index (κ3) is 5.69. The number of rotatable bonds is 3. The monoisotopic (exact) mass is 160 g/mol. The maximum atomic E-state index is 10.3. The summed E-state index contributed by atoms with van der Waals surface area (Å²) in [7, 11) is 0. The first-order valence-electron chi connectivity index (χ1n) is 3.24. The van der Waals surface area contributed by atoms with Crippen LogP contribution >= 0.6 is 12.6 Å². The van der Waals surface area contributed by atoms with Crippen LogP contribution in [0.5, 0.6) is 0 Å². The van der Waals surface area contributed by atoms with E-state index in [1.165, 1.54) is 6.92 Å². The molecular weight excluding hydrogens is 148 g/mol. The van der Waals surface area contributed by atoms with Gasteiger partial charge in [0.25, 0.3) is 0 Å². The maximum Gasteiger partial charge on any atom is 0.308 e. The molecule has 0 heterocycles. The first kappa shape index (κ1) is 9.56. The van der Waals surface area contributed by atoms with E-state index in [1.807, 2.05) is 6.92 Å². The Hall–Kier alpha value is -0.440. The second-order valence-corrected chi connectivity index (χ2v) is 2.37. The van der Waals surface area contributed by atoms with Gasteiger partial charge in [0.05, 0.1) is 0 Å². The zero-order valence-corrected chi connectivity index (χ0v) is 7.15. The fourth-order valence-corrected chi connectivity index (χ4v) is 0.714. The number of thiol groups is 1. The Bertz CT molecular complexity index is 141. The molecule has 0 unspecified atom stereocenters. The second-order valence-electron chi connectivity index (χ2n) is 1.92. The van der Waals surface area contributed by atoms with E-state index in [4.69, 9.17) is 0 Å². The minimum Gasteiger partial charge on any atom is -0.420 e. The lowest BCUT2D eigenvalue weighted by Crippen LogP contribution is -1.93. The van der Waals surface area contributed by atoms with Gasteiger partial charge in [-0.15, -0.1) is 12.6 Å². The molecule has 10 heavy (non-hydrogen) atoms.